The lowest BCUT2D eigenvalue weighted by Crippen LogP contribution is -2.62. The van der Waals surface area contributed by atoms with Gasteiger partial charge in [-0.05, 0) is 158 Å². The summed E-state index contributed by atoms with van der Waals surface area (Å²) in [5.41, 5.74) is 7.21. The van der Waals surface area contributed by atoms with Gasteiger partial charge in [0.1, 0.15) is 71.3 Å². The number of unbranched alkanes of at least 4 members (excludes halogenated alkanes) is 1. The molecule has 6 aliphatic heterocycles. The van der Waals surface area contributed by atoms with Crippen molar-refractivity contribution in [1.29, 1.82) is 0 Å². The third kappa shape index (κ3) is 20.0. The summed E-state index contributed by atoms with van der Waals surface area (Å²) >= 11 is 5.64. The number of hydrogen-bond donors (Lipinski definition) is 14. The number of piperidine rings is 1. The summed E-state index contributed by atoms with van der Waals surface area (Å²) in [5.74, 6) is -13.1. The number of hydrogen-bond acceptors (Lipinski definition) is 23. The highest BCUT2D eigenvalue weighted by Gasteiger charge is 2.55. The van der Waals surface area contributed by atoms with Crippen molar-refractivity contribution in [3.8, 4) is 23.0 Å². The predicted molar refractivity (Wildman–Crippen MR) is 416 cm³/mol. The number of aromatic hydroxyl groups is 2. The van der Waals surface area contributed by atoms with Gasteiger partial charge in [-0.25, -0.2) is 4.79 Å². The second-order valence-corrected chi connectivity index (χ2v) is 30.0. The number of thiocarbonyl (C=S) groups is 1. The number of phenols is 2. The van der Waals surface area contributed by atoms with E-state index in [0.717, 1.165) is 15.2 Å². The number of carbonyl (C=O) groups excluding carboxylic acids is 11. The summed E-state index contributed by atoms with van der Waals surface area (Å²) in [6.45, 7) is 2.74. The number of carboxylic acids is 3. The summed E-state index contributed by atoms with van der Waals surface area (Å²) in [6.07, 6.45) is -0.832. The fraction of sp³-hybridized carbons (Fsp3) is 0.456. The average Bonchev–Trinajstić information content (AvgIpc) is 1.58. The van der Waals surface area contributed by atoms with E-state index in [4.69, 9.17) is 32.3 Å². The van der Waals surface area contributed by atoms with Crippen LogP contribution in [0.15, 0.2) is 96.3 Å². The number of anilines is 1. The van der Waals surface area contributed by atoms with Crippen molar-refractivity contribution in [2.75, 3.05) is 38.0 Å². The number of esters is 1. The highest BCUT2D eigenvalue weighted by Crippen LogP contribution is 2.57. The Morgan fingerprint density at radius 2 is 1.24 bits per heavy atom. The van der Waals surface area contributed by atoms with Gasteiger partial charge in [0.25, 0.3) is 0 Å². The summed E-state index contributed by atoms with van der Waals surface area (Å²) in [4.78, 5) is 206. The van der Waals surface area contributed by atoms with Crippen LogP contribution in [0.4, 0.5) is 5.69 Å². The van der Waals surface area contributed by atoms with E-state index in [0.29, 0.717) is 72.1 Å². The normalized spacial score (nSPS) is 19.9. The van der Waals surface area contributed by atoms with Crippen molar-refractivity contribution in [2.45, 2.75) is 195 Å². The topological polar surface area (TPSA) is 536 Å². The van der Waals surface area contributed by atoms with E-state index in [1.807, 2.05) is 18.2 Å². The first-order valence-corrected chi connectivity index (χ1v) is 39.0. The van der Waals surface area contributed by atoms with E-state index in [1.165, 1.54) is 60.3 Å². The minimum absolute atomic E-state index is 0.0204. The number of rotatable bonds is 33. The Labute approximate surface area is 674 Å². The van der Waals surface area contributed by atoms with Crippen molar-refractivity contribution < 1.29 is 112 Å². The molecule has 4 fully saturated rings. The maximum absolute atomic E-state index is 15.1. The van der Waals surface area contributed by atoms with Crippen LogP contribution in [-0.4, -0.2) is 249 Å². The van der Waals surface area contributed by atoms with Crippen LogP contribution in [0.1, 0.15) is 156 Å². The van der Waals surface area contributed by atoms with Crippen molar-refractivity contribution in [1.82, 2.24) is 56.5 Å². The Balaban J connectivity index is 0.690. The Morgan fingerprint density at radius 3 is 1.91 bits per heavy atom. The number of likely N-dealkylation sites (tertiary alicyclic amines) is 4. The molecule has 37 nitrogen and oxygen atoms in total. The number of aliphatic carboxylic acids is 3. The van der Waals surface area contributed by atoms with Gasteiger partial charge in [-0.15, -0.1) is 0 Å². The van der Waals surface area contributed by atoms with Gasteiger partial charge in [-0.2, -0.15) is 0 Å². The number of aromatic nitrogens is 1. The summed E-state index contributed by atoms with van der Waals surface area (Å²) in [7, 11) is 0. The number of nitrogens with zero attached hydrogens (tertiary/aromatic N) is 6. The molecule has 11 rings (SSSR count). The molecule has 7 heterocycles. The monoisotopic (exact) mass is 1640 g/mol. The molecule has 622 valence electrons. The minimum Gasteiger partial charge on any atom is -0.508 e. The second kappa shape index (κ2) is 37.8. The van der Waals surface area contributed by atoms with Crippen molar-refractivity contribution >= 4 is 123 Å². The molecule has 4 aromatic carbocycles. The van der Waals surface area contributed by atoms with Gasteiger partial charge < -0.3 is 108 Å². The summed E-state index contributed by atoms with van der Waals surface area (Å²) in [6, 6.07) is 9.54. The molecule has 6 aliphatic rings. The molecule has 117 heavy (non-hydrogen) atoms. The molecule has 5 aromatic rings. The number of para-hydroxylation sites is 1. The van der Waals surface area contributed by atoms with E-state index in [2.05, 4.69) is 47.4 Å². The fourth-order valence-electron chi connectivity index (χ4n) is 15.6. The lowest BCUT2D eigenvalue weighted by molar-refractivity contribution is -0.153. The maximum atomic E-state index is 15.1. The van der Waals surface area contributed by atoms with Crippen LogP contribution in [0.5, 0.6) is 23.0 Å². The highest BCUT2D eigenvalue weighted by molar-refractivity contribution is 7.80. The molecule has 0 radical (unpaired) electrons. The van der Waals surface area contributed by atoms with Gasteiger partial charge in [0, 0.05) is 116 Å². The number of ether oxygens (including phenoxy) is 2. The Kier molecular flexibility index (Phi) is 27.5. The van der Waals surface area contributed by atoms with E-state index in [1.54, 1.807) is 42.5 Å². The SMILES string of the molecule is C[C@H](NC(=O)[C@@H](NC(=O)[C@@H]1CCCN1C(=O)[C@H](CCC(=O)O)NC(=O)[C@@H]1CCCN1C(=O)CCCCNC(=S)Nc1ccc2c(c1)C1(OC2=O)c2ccc(O)cc2Oc2cc(O)ccc21)[C@@H](C)O)C(=O)N1CCCCC1C(=O)N1CC[C@H](O/N=C\c2cnc3ccccc3c2)[C@H]1C(=O)N[C@@H](CCC(=O)O)C(=O)N[C@@H](CCC(=O)O)C(N)=O. The van der Waals surface area contributed by atoms with Gasteiger partial charge in [0.15, 0.2) is 22.9 Å². The molecule has 4 saturated heterocycles. The molecule has 1 spiro atoms. The van der Waals surface area contributed by atoms with Crippen LogP contribution in [0.2, 0.25) is 0 Å². The van der Waals surface area contributed by atoms with Crippen molar-refractivity contribution in [2.24, 2.45) is 10.9 Å². The number of aliphatic hydroxyl groups excluding tert-OH is 1. The van der Waals surface area contributed by atoms with Gasteiger partial charge in [-0.3, -0.25) is 67.3 Å². The van der Waals surface area contributed by atoms with Crippen molar-refractivity contribution in [3.05, 3.63) is 119 Å². The molecule has 0 saturated carbocycles. The standard InChI is InChI=1S/C79H92N14O23S/c1-41(74(110)92-31-8-6-13-58(92)76(112)93-34-29-59(116-83-40-43-35-44-11-3-4-12-52(44)82-39-43)67(93)73(109)87-54(24-27-64(100)101)69(105)86-53(68(80)104)23-26-63(98)99)84-72(108)66(42(2)94)89-71(107)57-15-10-33-91(57)75(111)55(25-28-65(102)103)88-70(106)56-14-9-32-90(56)62(97)16-5-7-30-81-78(117)85-45-17-20-48-51(36-45)79(115-77(48)113)49-21-18-46(95)37-60(49)114-61-38-47(96)19-22-50(61)79/h3-4,11-12,17-22,35-42,53-59,66-67,94-96H,5-10,13-16,23-34H2,1-2H3,(H2,80,104)(H,84,108)(H,86,105)(H,87,109)(H,88,106)(H,89,107)(H,98,99)(H,100,101)(H,102,103)(H2,81,85,117)/b83-40-/t41-,42+,53-,54-,55-,56-,57-,58?,59-,66-,67-/m0/s1. The zero-order chi connectivity index (χ0) is 84.1. The molecule has 0 bridgehead atoms. The van der Waals surface area contributed by atoms with Gasteiger partial charge >= 0.3 is 23.9 Å². The molecule has 38 heteroatoms. The first-order chi connectivity index (χ1) is 55.9. The quantitative estimate of drug-likeness (QED) is 0.00938. The fourth-order valence-corrected chi connectivity index (χ4v) is 15.8. The molecule has 10 amide bonds. The van der Waals surface area contributed by atoms with E-state index in [9.17, 15) is 93.0 Å². The molecule has 15 N–H and O–H groups in total. The zero-order valence-electron chi connectivity index (χ0n) is 63.9. The molecular weight excluding hydrogens is 1550 g/mol. The van der Waals surface area contributed by atoms with Crippen LogP contribution < -0.4 is 47.7 Å². The summed E-state index contributed by atoms with van der Waals surface area (Å²) < 4.78 is 12.2. The number of nitrogens with one attached hydrogen (secondary N) is 7. The molecule has 0 aliphatic carbocycles. The van der Waals surface area contributed by atoms with Crippen LogP contribution in [-0.2, 0) is 77.5 Å². The van der Waals surface area contributed by atoms with Crippen LogP contribution in [0, 0.1) is 0 Å². The highest BCUT2D eigenvalue weighted by atomic mass is 32.1. The number of carboxylic acid groups (broad SMARTS) is 3. The lowest BCUT2D eigenvalue weighted by atomic mass is 9.77. The number of oxime groups is 1. The first kappa shape index (κ1) is 85.3. The number of benzene rings is 4. The molecule has 1 unspecified atom stereocenters. The number of phenolic OH excluding ortho intramolecular Hbond substituents is 2. The molecule has 1 aromatic heterocycles. The smallest absolute Gasteiger partial charge is 0.340 e. The van der Waals surface area contributed by atoms with E-state index in [-0.39, 0.29) is 104 Å². The number of carbonyl (C=O) groups is 14. The largest absolute Gasteiger partial charge is 0.508 e. The third-order valence-electron chi connectivity index (χ3n) is 21.5. The molecule has 11 atom stereocenters. The number of primary amides is 1. The van der Waals surface area contributed by atoms with Gasteiger partial charge in [-0.1, -0.05) is 23.4 Å². The second-order valence-electron chi connectivity index (χ2n) is 29.6. The number of fused-ring (bicyclic) bond motifs is 7. The number of nitrogens with two attached hydrogens (primary N) is 1. The zero-order valence-corrected chi connectivity index (χ0v) is 64.8. The summed E-state index contributed by atoms with van der Waals surface area (Å²) in [5, 5.41) is 84.3. The van der Waals surface area contributed by atoms with E-state index < -0.39 is 188 Å². The van der Waals surface area contributed by atoms with Crippen molar-refractivity contribution in [3.63, 3.8) is 0 Å². The third-order valence-corrected chi connectivity index (χ3v) is 21.7. The van der Waals surface area contributed by atoms with Gasteiger partial charge in [0.05, 0.1) is 23.4 Å². The van der Waals surface area contributed by atoms with E-state index >= 15 is 4.79 Å². The van der Waals surface area contributed by atoms with Crippen LogP contribution in [0.3, 0.4) is 0 Å². The number of amides is 10. The average molecular weight is 1640 g/mol. The predicted octanol–water partition coefficient (Wildman–Crippen LogP) is 1.96. The Hall–Kier alpha value is -12.6. The van der Waals surface area contributed by atoms with Crippen LogP contribution in [0.25, 0.3) is 10.9 Å². The minimum atomic E-state index is -1.77. The Bertz CT molecular complexity index is 4700. The molecular formula is C79H92N14O23S. The van der Waals surface area contributed by atoms with Gasteiger partial charge in [0.2, 0.25) is 59.1 Å². The van der Waals surface area contributed by atoms with Crippen LogP contribution >= 0.6 is 12.2 Å². The Morgan fingerprint density at radius 1 is 0.632 bits per heavy atom. The first-order valence-electron chi connectivity index (χ1n) is 38.6. The maximum Gasteiger partial charge on any atom is 0.340 e. The number of pyridine rings is 1. The number of aliphatic hydroxyl groups is 1. The lowest BCUT2D eigenvalue weighted by Gasteiger charge is -2.39.